The van der Waals surface area contributed by atoms with Gasteiger partial charge in [0.25, 0.3) is 0 Å². The van der Waals surface area contributed by atoms with E-state index in [-0.39, 0.29) is 36.5 Å². The maximum absolute atomic E-state index is 12.9. The van der Waals surface area contributed by atoms with Gasteiger partial charge in [-0.15, -0.1) is 0 Å². The zero-order valence-corrected chi connectivity index (χ0v) is 18.9. The first-order chi connectivity index (χ1) is 14.7. The van der Waals surface area contributed by atoms with E-state index in [1.54, 1.807) is 32.0 Å². The van der Waals surface area contributed by atoms with E-state index in [0.717, 1.165) is 5.56 Å². The third-order valence-electron chi connectivity index (χ3n) is 5.14. The number of halogens is 1. The van der Waals surface area contributed by atoms with E-state index in [0.29, 0.717) is 29.2 Å². The predicted molar refractivity (Wildman–Crippen MR) is 116 cm³/mol. The topological polar surface area (TPSA) is 90.0 Å². The van der Waals surface area contributed by atoms with Crippen molar-refractivity contribution in [3.8, 4) is 5.75 Å². The van der Waals surface area contributed by atoms with E-state index >= 15 is 0 Å². The Hall–Kier alpha value is -2.42. The lowest BCUT2D eigenvalue weighted by Crippen LogP contribution is -2.41. The standard InChI is InChI=1S/C22H24ClNO6S/c1-3-29-21(25)16-4-7-19(8-5-16)31(27,28)24-12-10-17(11-13-24)22(26)30-20-9-6-18(23)14-15(20)2/h4-9,14,17H,3,10-13H2,1-2H3. The molecule has 0 saturated carbocycles. The van der Waals surface area contributed by atoms with Crippen molar-refractivity contribution >= 4 is 33.6 Å². The number of aryl methyl sites for hydroxylation is 1. The highest BCUT2D eigenvalue weighted by Gasteiger charge is 2.33. The fourth-order valence-electron chi connectivity index (χ4n) is 3.38. The van der Waals surface area contributed by atoms with Gasteiger partial charge < -0.3 is 9.47 Å². The van der Waals surface area contributed by atoms with Crippen molar-refractivity contribution in [2.75, 3.05) is 19.7 Å². The van der Waals surface area contributed by atoms with Crippen LogP contribution in [0.25, 0.3) is 0 Å². The van der Waals surface area contributed by atoms with Crippen molar-refractivity contribution in [2.24, 2.45) is 5.92 Å². The molecule has 0 unspecified atom stereocenters. The summed E-state index contributed by atoms with van der Waals surface area (Å²) in [5, 5.41) is 0.561. The number of piperidine rings is 1. The average Bonchev–Trinajstić information content (AvgIpc) is 2.76. The van der Waals surface area contributed by atoms with Crippen LogP contribution in [0.1, 0.15) is 35.7 Å². The van der Waals surface area contributed by atoms with Gasteiger partial charge in [0.15, 0.2) is 0 Å². The highest BCUT2D eigenvalue weighted by atomic mass is 35.5. The van der Waals surface area contributed by atoms with E-state index in [4.69, 9.17) is 21.1 Å². The molecule has 1 fully saturated rings. The largest absolute Gasteiger partial charge is 0.462 e. The normalized spacial score (nSPS) is 15.5. The van der Waals surface area contributed by atoms with E-state index in [2.05, 4.69) is 0 Å². The Morgan fingerprint density at radius 2 is 1.74 bits per heavy atom. The van der Waals surface area contributed by atoms with Crippen LogP contribution in [0.5, 0.6) is 5.75 Å². The zero-order chi connectivity index (χ0) is 22.6. The van der Waals surface area contributed by atoms with E-state index in [1.165, 1.54) is 28.6 Å². The lowest BCUT2D eigenvalue weighted by molar-refractivity contribution is -0.140. The molecule has 1 aliphatic heterocycles. The molecule has 0 aromatic heterocycles. The second kappa shape index (κ2) is 9.80. The minimum Gasteiger partial charge on any atom is -0.462 e. The molecule has 0 radical (unpaired) electrons. The summed E-state index contributed by atoms with van der Waals surface area (Å²) < 4.78 is 37.6. The van der Waals surface area contributed by atoms with Crippen LogP contribution >= 0.6 is 11.6 Å². The molecule has 0 aliphatic carbocycles. The Bertz CT molecular complexity index is 1060. The van der Waals surface area contributed by atoms with Crippen LogP contribution in [0.4, 0.5) is 0 Å². The van der Waals surface area contributed by atoms with E-state index < -0.39 is 16.0 Å². The summed E-state index contributed by atoms with van der Waals surface area (Å²) in [5.74, 6) is -0.804. The Morgan fingerprint density at radius 1 is 1.10 bits per heavy atom. The van der Waals surface area contributed by atoms with Crippen molar-refractivity contribution in [1.29, 1.82) is 0 Å². The number of carbonyl (C=O) groups excluding carboxylic acids is 2. The first-order valence-electron chi connectivity index (χ1n) is 9.97. The summed E-state index contributed by atoms with van der Waals surface area (Å²) in [5.41, 5.74) is 1.05. The Kier molecular flexibility index (Phi) is 7.35. The van der Waals surface area contributed by atoms with Gasteiger partial charge in [0, 0.05) is 18.1 Å². The van der Waals surface area contributed by atoms with Crippen LogP contribution < -0.4 is 4.74 Å². The third-order valence-corrected chi connectivity index (χ3v) is 7.29. The number of nitrogens with zero attached hydrogens (tertiary/aromatic N) is 1. The molecule has 9 heteroatoms. The number of sulfonamides is 1. The average molecular weight is 466 g/mol. The molecule has 0 spiro atoms. The molecule has 0 bridgehead atoms. The highest BCUT2D eigenvalue weighted by molar-refractivity contribution is 7.89. The quantitative estimate of drug-likeness (QED) is 0.475. The summed E-state index contributed by atoms with van der Waals surface area (Å²) in [4.78, 5) is 24.4. The number of hydrogen-bond acceptors (Lipinski definition) is 6. The van der Waals surface area contributed by atoms with Crippen LogP contribution in [-0.2, 0) is 19.6 Å². The summed E-state index contributed by atoms with van der Waals surface area (Å²) in [6.45, 7) is 4.17. The molecule has 1 heterocycles. The molecular formula is C22H24ClNO6S. The van der Waals surface area contributed by atoms with Crippen LogP contribution in [0.15, 0.2) is 47.4 Å². The molecular weight excluding hydrogens is 442 g/mol. The van der Waals surface area contributed by atoms with Crippen LogP contribution in [-0.4, -0.2) is 44.4 Å². The summed E-state index contributed by atoms with van der Waals surface area (Å²) in [6, 6.07) is 10.7. The molecule has 3 rings (SSSR count). The van der Waals surface area contributed by atoms with Gasteiger partial charge in [-0.2, -0.15) is 4.31 Å². The second-order valence-electron chi connectivity index (χ2n) is 7.25. The number of carbonyl (C=O) groups is 2. The number of rotatable bonds is 6. The molecule has 0 amide bonds. The van der Waals surface area contributed by atoms with Crippen molar-refractivity contribution in [3.05, 3.63) is 58.6 Å². The second-order valence-corrected chi connectivity index (χ2v) is 9.63. The van der Waals surface area contributed by atoms with Gasteiger partial charge in [-0.25, -0.2) is 13.2 Å². The van der Waals surface area contributed by atoms with Gasteiger partial charge in [-0.1, -0.05) is 11.6 Å². The Morgan fingerprint density at radius 3 is 2.32 bits per heavy atom. The van der Waals surface area contributed by atoms with E-state index in [1.807, 2.05) is 0 Å². The molecule has 7 nitrogen and oxygen atoms in total. The van der Waals surface area contributed by atoms with Gasteiger partial charge in [0.2, 0.25) is 10.0 Å². The number of benzene rings is 2. The fraction of sp³-hybridized carbons (Fsp3) is 0.364. The van der Waals surface area contributed by atoms with Gasteiger partial charge in [-0.3, -0.25) is 4.79 Å². The smallest absolute Gasteiger partial charge is 0.338 e. The molecule has 166 valence electrons. The molecule has 2 aromatic carbocycles. The molecule has 0 atom stereocenters. The summed E-state index contributed by atoms with van der Waals surface area (Å²) in [6.07, 6.45) is 0.733. The molecule has 1 saturated heterocycles. The minimum atomic E-state index is -3.72. The number of esters is 2. The van der Waals surface area contributed by atoms with Gasteiger partial charge in [0.1, 0.15) is 5.75 Å². The Balaban J connectivity index is 1.61. The van der Waals surface area contributed by atoms with Crippen LogP contribution in [0.2, 0.25) is 5.02 Å². The van der Waals surface area contributed by atoms with Crippen molar-refractivity contribution in [3.63, 3.8) is 0 Å². The van der Waals surface area contributed by atoms with Crippen molar-refractivity contribution in [1.82, 2.24) is 4.31 Å². The number of hydrogen-bond donors (Lipinski definition) is 0. The van der Waals surface area contributed by atoms with Crippen LogP contribution in [0, 0.1) is 12.8 Å². The van der Waals surface area contributed by atoms with Gasteiger partial charge in [0.05, 0.1) is 23.0 Å². The molecule has 2 aromatic rings. The lowest BCUT2D eigenvalue weighted by Gasteiger charge is -2.30. The highest BCUT2D eigenvalue weighted by Crippen LogP contribution is 2.27. The van der Waals surface area contributed by atoms with Gasteiger partial charge in [-0.05, 0) is 74.7 Å². The van der Waals surface area contributed by atoms with E-state index in [9.17, 15) is 18.0 Å². The van der Waals surface area contributed by atoms with Crippen molar-refractivity contribution < 1.29 is 27.5 Å². The molecule has 31 heavy (non-hydrogen) atoms. The summed E-state index contributed by atoms with van der Waals surface area (Å²) in [7, 11) is -3.72. The zero-order valence-electron chi connectivity index (χ0n) is 17.3. The SMILES string of the molecule is CCOC(=O)c1ccc(S(=O)(=O)N2CCC(C(=O)Oc3ccc(Cl)cc3C)CC2)cc1. The molecule has 0 N–H and O–H groups in total. The first-order valence-corrected chi connectivity index (χ1v) is 11.8. The van der Waals surface area contributed by atoms with Gasteiger partial charge >= 0.3 is 11.9 Å². The lowest BCUT2D eigenvalue weighted by atomic mass is 9.98. The molecule has 1 aliphatic rings. The number of ether oxygens (including phenoxy) is 2. The Labute approximate surface area is 187 Å². The van der Waals surface area contributed by atoms with Crippen molar-refractivity contribution in [2.45, 2.75) is 31.6 Å². The third kappa shape index (κ3) is 5.44. The maximum atomic E-state index is 12.9. The predicted octanol–water partition coefficient (Wildman–Crippen LogP) is 3.83. The minimum absolute atomic E-state index is 0.0957. The fourth-order valence-corrected chi connectivity index (χ4v) is 5.07. The summed E-state index contributed by atoms with van der Waals surface area (Å²) >= 11 is 5.92. The maximum Gasteiger partial charge on any atom is 0.338 e. The van der Waals surface area contributed by atoms with Crippen LogP contribution in [0.3, 0.4) is 0 Å². The monoisotopic (exact) mass is 465 g/mol. The first kappa shape index (κ1) is 23.2.